The molecule has 0 bridgehead atoms. The Morgan fingerprint density at radius 1 is 1.22 bits per heavy atom. The number of benzene rings is 1. The van der Waals surface area contributed by atoms with Gasteiger partial charge in [0, 0.05) is 41.0 Å². The molecule has 1 aliphatic rings. The van der Waals surface area contributed by atoms with Crippen molar-refractivity contribution in [3.8, 4) is 0 Å². The summed E-state index contributed by atoms with van der Waals surface area (Å²) in [5, 5.41) is 1.54. The van der Waals surface area contributed by atoms with E-state index >= 15 is 0 Å². The number of thiophene rings is 1. The van der Waals surface area contributed by atoms with Gasteiger partial charge in [-0.05, 0) is 24.6 Å². The van der Waals surface area contributed by atoms with Crippen molar-refractivity contribution in [1.29, 1.82) is 0 Å². The van der Waals surface area contributed by atoms with Gasteiger partial charge in [0.1, 0.15) is 4.88 Å². The number of carbonyl (C=O) groups excluding carboxylic acids is 1. The number of aromatic nitrogens is 1. The number of hydrogen-bond donors (Lipinski definition) is 0. The van der Waals surface area contributed by atoms with Crippen LogP contribution in [0.3, 0.4) is 0 Å². The number of pyridine rings is 1. The van der Waals surface area contributed by atoms with E-state index in [0.717, 1.165) is 28.7 Å². The highest BCUT2D eigenvalue weighted by molar-refractivity contribution is 7.21. The monoisotopic (exact) mass is 342 g/mol. The van der Waals surface area contributed by atoms with Crippen molar-refractivity contribution in [3.05, 3.63) is 64.3 Å². The second-order valence-corrected chi connectivity index (χ2v) is 7.16. The van der Waals surface area contributed by atoms with Crippen molar-refractivity contribution >= 4 is 38.9 Å². The third-order valence-corrected chi connectivity index (χ3v) is 5.97. The standard InChI is InChI=1S/C18H15ClN2OS/c19-16-13-5-1-2-7-15(13)23-17(16)18(22)21-10-8-12(11-21)14-6-3-4-9-20-14/h1-7,9,12H,8,10-11H2/t12-/m0/s1. The maximum absolute atomic E-state index is 12.8. The molecule has 3 nitrogen and oxygen atoms in total. The number of hydrogen-bond acceptors (Lipinski definition) is 3. The molecule has 1 amide bonds. The molecule has 0 radical (unpaired) electrons. The fraction of sp³-hybridized carbons (Fsp3) is 0.222. The van der Waals surface area contributed by atoms with Crippen LogP contribution in [0.4, 0.5) is 0 Å². The van der Waals surface area contributed by atoms with Gasteiger partial charge in [0.25, 0.3) is 5.91 Å². The maximum atomic E-state index is 12.8. The van der Waals surface area contributed by atoms with Gasteiger partial charge in [-0.1, -0.05) is 35.9 Å². The fourth-order valence-electron chi connectivity index (χ4n) is 3.10. The Morgan fingerprint density at radius 3 is 2.83 bits per heavy atom. The van der Waals surface area contributed by atoms with Crippen LogP contribution in [0.2, 0.25) is 5.02 Å². The topological polar surface area (TPSA) is 33.2 Å². The van der Waals surface area contributed by atoms with Gasteiger partial charge in [0.05, 0.1) is 5.02 Å². The molecule has 23 heavy (non-hydrogen) atoms. The third kappa shape index (κ3) is 2.62. The number of halogens is 1. The van der Waals surface area contributed by atoms with Gasteiger partial charge < -0.3 is 4.90 Å². The summed E-state index contributed by atoms with van der Waals surface area (Å²) in [4.78, 5) is 19.8. The lowest BCUT2D eigenvalue weighted by Crippen LogP contribution is -2.28. The predicted octanol–water partition coefficient (Wildman–Crippen LogP) is 4.58. The van der Waals surface area contributed by atoms with Gasteiger partial charge in [0.15, 0.2) is 0 Å². The molecule has 1 atom stereocenters. The minimum Gasteiger partial charge on any atom is -0.337 e. The molecule has 4 rings (SSSR count). The molecular weight excluding hydrogens is 328 g/mol. The van der Waals surface area contributed by atoms with Gasteiger partial charge >= 0.3 is 0 Å². The Balaban J connectivity index is 1.59. The Bertz CT molecular complexity index is 862. The van der Waals surface area contributed by atoms with Crippen LogP contribution in [0.1, 0.15) is 27.7 Å². The molecule has 0 spiro atoms. The predicted molar refractivity (Wildman–Crippen MR) is 94.3 cm³/mol. The van der Waals surface area contributed by atoms with E-state index in [4.69, 9.17) is 11.6 Å². The van der Waals surface area contributed by atoms with Crippen LogP contribution in [0.5, 0.6) is 0 Å². The summed E-state index contributed by atoms with van der Waals surface area (Å²) in [6, 6.07) is 13.8. The molecule has 0 saturated carbocycles. The summed E-state index contributed by atoms with van der Waals surface area (Å²) in [6.07, 6.45) is 2.76. The first kappa shape index (κ1) is 14.7. The third-order valence-electron chi connectivity index (χ3n) is 4.31. The van der Waals surface area contributed by atoms with Crippen LogP contribution in [-0.4, -0.2) is 28.9 Å². The smallest absolute Gasteiger partial charge is 0.265 e. The highest BCUT2D eigenvalue weighted by atomic mass is 35.5. The number of amides is 1. The largest absolute Gasteiger partial charge is 0.337 e. The second-order valence-electron chi connectivity index (χ2n) is 5.73. The molecule has 0 aliphatic carbocycles. The van der Waals surface area contributed by atoms with Gasteiger partial charge in [-0.15, -0.1) is 11.3 Å². The van der Waals surface area contributed by atoms with E-state index in [0.29, 0.717) is 22.4 Å². The van der Waals surface area contributed by atoms with E-state index in [1.807, 2.05) is 53.6 Å². The maximum Gasteiger partial charge on any atom is 0.265 e. The first-order valence-electron chi connectivity index (χ1n) is 7.61. The van der Waals surface area contributed by atoms with Crippen molar-refractivity contribution in [2.75, 3.05) is 13.1 Å². The minimum absolute atomic E-state index is 0.0367. The molecule has 1 fully saturated rings. The molecule has 5 heteroatoms. The van der Waals surface area contributed by atoms with E-state index in [2.05, 4.69) is 4.98 Å². The first-order valence-corrected chi connectivity index (χ1v) is 8.80. The SMILES string of the molecule is O=C(c1sc2ccccc2c1Cl)N1CC[C@H](c2ccccn2)C1. The number of rotatable bonds is 2. The van der Waals surface area contributed by atoms with E-state index in [1.54, 1.807) is 0 Å². The lowest BCUT2D eigenvalue weighted by atomic mass is 10.0. The molecule has 1 aromatic carbocycles. The second kappa shape index (κ2) is 5.95. The van der Waals surface area contributed by atoms with E-state index in [-0.39, 0.29) is 5.91 Å². The van der Waals surface area contributed by atoms with E-state index in [9.17, 15) is 4.79 Å². The zero-order chi connectivity index (χ0) is 15.8. The van der Waals surface area contributed by atoms with Gasteiger partial charge in [-0.3, -0.25) is 9.78 Å². The van der Waals surface area contributed by atoms with Crippen molar-refractivity contribution in [2.45, 2.75) is 12.3 Å². The van der Waals surface area contributed by atoms with Crippen LogP contribution in [0.15, 0.2) is 48.7 Å². The molecule has 3 heterocycles. The average molecular weight is 343 g/mol. The van der Waals surface area contributed by atoms with Crippen LogP contribution >= 0.6 is 22.9 Å². The minimum atomic E-state index is 0.0367. The highest BCUT2D eigenvalue weighted by Gasteiger charge is 2.30. The highest BCUT2D eigenvalue weighted by Crippen LogP contribution is 2.37. The number of likely N-dealkylation sites (tertiary alicyclic amines) is 1. The van der Waals surface area contributed by atoms with Gasteiger partial charge in [-0.2, -0.15) is 0 Å². The molecule has 1 aliphatic heterocycles. The van der Waals surface area contributed by atoms with Crippen molar-refractivity contribution in [3.63, 3.8) is 0 Å². The Morgan fingerprint density at radius 2 is 2.04 bits per heavy atom. The molecule has 1 saturated heterocycles. The zero-order valence-electron chi connectivity index (χ0n) is 12.4. The number of nitrogens with zero attached hydrogens (tertiary/aromatic N) is 2. The van der Waals surface area contributed by atoms with Crippen molar-refractivity contribution in [2.24, 2.45) is 0 Å². The fourth-order valence-corrected chi connectivity index (χ4v) is 4.58. The van der Waals surface area contributed by atoms with E-state index < -0.39 is 0 Å². The normalized spacial score (nSPS) is 17.8. The summed E-state index contributed by atoms with van der Waals surface area (Å²) < 4.78 is 1.06. The van der Waals surface area contributed by atoms with E-state index in [1.165, 1.54) is 11.3 Å². The van der Waals surface area contributed by atoms with Crippen LogP contribution < -0.4 is 0 Å². The Hall–Kier alpha value is -1.91. The van der Waals surface area contributed by atoms with Crippen LogP contribution in [0.25, 0.3) is 10.1 Å². The number of fused-ring (bicyclic) bond motifs is 1. The average Bonchev–Trinajstić information content (AvgIpc) is 3.21. The molecule has 116 valence electrons. The summed E-state index contributed by atoms with van der Waals surface area (Å²) >= 11 is 7.91. The van der Waals surface area contributed by atoms with Gasteiger partial charge in [0.2, 0.25) is 0 Å². The molecular formula is C18H15ClN2OS. The van der Waals surface area contributed by atoms with Gasteiger partial charge in [-0.25, -0.2) is 0 Å². The zero-order valence-corrected chi connectivity index (χ0v) is 14.0. The molecule has 0 N–H and O–H groups in total. The van der Waals surface area contributed by atoms with Crippen molar-refractivity contribution in [1.82, 2.24) is 9.88 Å². The first-order chi connectivity index (χ1) is 11.2. The molecule has 0 unspecified atom stereocenters. The van der Waals surface area contributed by atoms with Crippen LogP contribution in [-0.2, 0) is 0 Å². The number of carbonyl (C=O) groups is 1. The molecule has 2 aromatic heterocycles. The lowest BCUT2D eigenvalue weighted by Gasteiger charge is -2.15. The summed E-state index contributed by atoms with van der Waals surface area (Å²) in [7, 11) is 0. The Kier molecular flexibility index (Phi) is 3.79. The molecule has 3 aromatic rings. The van der Waals surface area contributed by atoms with Crippen molar-refractivity contribution < 1.29 is 4.79 Å². The van der Waals surface area contributed by atoms with Crippen LogP contribution in [0, 0.1) is 0 Å². The summed E-state index contributed by atoms with van der Waals surface area (Å²) in [5.41, 5.74) is 1.06. The Labute approximate surface area is 143 Å². The lowest BCUT2D eigenvalue weighted by molar-refractivity contribution is 0.0795. The summed E-state index contributed by atoms with van der Waals surface area (Å²) in [5.74, 6) is 0.350. The summed E-state index contributed by atoms with van der Waals surface area (Å²) in [6.45, 7) is 1.46. The quantitative estimate of drug-likeness (QED) is 0.683.